The third-order valence-electron chi connectivity index (χ3n) is 6.35. The first-order valence-corrected chi connectivity index (χ1v) is 12.0. The van der Waals surface area contributed by atoms with Crippen molar-refractivity contribution in [1.29, 1.82) is 0 Å². The van der Waals surface area contributed by atoms with Crippen molar-refractivity contribution in [2.75, 3.05) is 5.32 Å². The lowest BCUT2D eigenvalue weighted by molar-refractivity contribution is 0.102. The minimum absolute atomic E-state index is 0.251. The van der Waals surface area contributed by atoms with Crippen molar-refractivity contribution in [3.05, 3.63) is 119 Å². The van der Waals surface area contributed by atoms with E-state index in [4.69, 9.17) is 8.83 Å². The number of nitrogens with zero attached hydrogens (tertiary/aromatic N) is 1. The predicted molar refractivity (Wildman–Crippen MR) is 145 cm³/mol. The fourth-order valence-corrected chi connectivity index (χ4v) is 4.28. The number of oxazole rings is 1. The summed E-state index contributed by atoms with van der Waals surface area (Å²) < 4.78 is 11.3. The summed E-state index contributed by atoms with van der Waals surface area (Å²) in [6.07, 6.45) is 0.939. The molecule has 180 valence electrons. The van der Waals surface area contributed by atoms with Crippen LogP contribution in [0.2, 0.25) is 0 Å². The summed E-state index contributed by atoms with van der Waals surface area (Å²) in [5.74, 6) is 0.286. The monoisotopic (exact) mass is 486 g/mol. The Hall–Kier alpha value is -4.97. The van der Waals surface area contributed by atoms with Crippen LogP contribution in [0.5, 0.6) is 0 Å². The summed E-state index contributed by atoms with van der Waals surface area (Å²) in [7, 11) is 0. The molecular weight excluding hydrogens is 464 g/mol. The van der Waals surface area contributed by atoms with Crippen LogP contribution >= 0.6 is 0 Å². The third-order valence-corrected chi connectivity index (χ3v) is 6.35. The zero-order chi connectivity index (χ0) is 25.4. The van der Waals surface area contributed by atoms with E-state index in [0.29, 0.717) is 33.9 Å². The van der Waals surface area contributed by atoms with E-state index in [2.05, 4.69) is 17.2 Å². The van der Waals surface area contributed by atoms with E-state index < -0.39 is 5.63 Å². The molecule has 0 aliphatic heterocycles. The number of benzene rings is 4. The highest BCUT2D eigenvalue weighted by Gasteiger charge is 2.12. The lowest BCUT2D eigenvalue weighted by atomic mass is 10.0. The smallest absolute Gasteiger partial charge is 0.344 e. The van der Waals surface area contributed by atoms with Crippen molar-refractivity contribution in [1.82, 2.24) is 4.98 Å². The summed E-state index contributed by atoms with van der Waals surface area (Å²) in [4.78, 5) is 29.9. The van der Waals surface area contributed by atoms with Gasteiger partial charge < -0.3 is 14.2 Å². The number of amides is 1. The minimum atomic E-state index is -0.416. The van der Waals surface area contributed by atoms with Gasteiger partial charge in [-0.25, -0.2) is 9.78 Å². The standard InChI is InChI=1S/C31H22N2O4/c1-2-19-7-16-28-26(17-19)33-30(36-28)22-12-14-24(15-13-22)32-29(34)21-10-8-20(9-11-21)25-18-23-5-3-4-6-27(23)37-31(25)35/h3-18H,2H2,1H3,(H,32,34). The molecule has 6 rings (SSSR count). The van der Waals surface area contributed by atoms with E-state index >= 15 is 0 Å². The molecule has 0 spiro atoms. The normalized spacial score (nSPS) is 11.2. The minimum Gasteiger partial charge on any atom is -0.436 e. The lowest BCUT2D eigenvalue weighted by Crippen LogP contribution is -2.11. The predicted octanol–water partition coefficient (Wildman–Crippen LogP) is 7.08. The Morgan fingerprint density at radius 1 is 0.811 bits per heavy atom. The lowest BCUT2D eigenvalue weighted by Gasteiger charge is -2.07. The Bertz CT molecular complexity index is 1810. The molecule has 6 nitrogen and oxygen atoms in total. The Balaban J connectivity index is 1.18. The number of rotatable bonds is 5. The second-order valence-corrected chi connectivity index (χ2v) is 8.77. The largest absolute Gasteiger partial charge is 0.436 e. The van der Waals surface area contributed by atoms with Gasteiger partial charge in [0, 0.05) is 22.2 Å². The van der Waals surface area contributed by atoms with Gasteiger partial charge in [-0.3, -0.25) is 4.79 Å². The van der Waals surface area contributed by atoms with Gasteiger partial charge in [0.25, 0.3) is 5.91 Å². The molecule has 0 aliphatic rings. The highest BCUT2D eigenvalue weighted by atomic mass is 16.4. The summed E-state index contributed by atoms with van der Waals surface area (Å²) in [5, 5.41) is 3.74. The number of hydrogen-bond acceptors (Lipinski definition) is 5. The van der Waals surface area contributed by atoms with Gasteiger partial charge in [-0.2, -0.15) is 0 Å². The van der Waals surface area contributed by atoms with Crippen LogP contribution in [0.4, 0.5) is 5.69 Å². The average molecular weight is 487 g/mol. The van der Waals surface area contributed by atoms with Crippen LogP contribution < -0.4 is 10.9 Å². The summed E-state index contributed by atoms with van der Waals surface area (Å²) in [5.41, 5.74) is 5.99. The van der Waals surface area contributed by atoms with E-state index in [1.54, 1.807) is 36.4 Å². The van der Waals surface area contributed by atoms with E-state index in [9.17, 15) is 9.59 Å². The molecule has 37 heavy (non-hydrogen) atoms. The molecule has 4 aromatic carbocycles. The fourth-order valence-electron chi connectivity index (χ4n) is 4.28. The molecule has 0 unspecified atom stereocenters. The Kier molecular flexibility index (Phi) is 5.62. The number of hydrogen-bond donors (Lipinski definition) is 1. The molecule has 0 saturated heterocycles. The van der Waals surface area contributed by atoms with Gasteiger partial charge in [0.15, 0.2) is 5.58 Å². The maximum absolute atomic E-state index is 12.8. The molecule has 2 heterocycles. The number of para-hydroxylation sites is 1. The number of carbonyl (C=O) groups excluding carboxylic acids is 1. The molecule has 6 aromatic rings. The quantitative estimate of drug-likeness (QED) is 0.263. The van der Waals surface area contributed by atoms with Crippen LogP contribution in [0.3, 0.4) is 0 Å². The van der Waals surface area contributed by atoms with Crippen molar-refractivity contribution >= 4 is 33.7 Å². The average Bonchev–Trinajstić information content (AvgIpc) is 3.36. The van der Waals surface area contributed by atoms with Crippen molar-refractivity contribution < 1.29 is 13.6 Å². The molecule has 0 fully saturated rings. The van der Waals surface area contributed by atoms with Crippen LogP contribution in [0.1, 0.15) is 22.8 Å². The number of anilines is 1. The number of aromatic nitrogens is 1. The summed E-state index contributed by atoms with van der Waals surface area (Å²) >= 11 is 0. The SMILES string of the molecule is CCc1ccc2oc(-c3ccc(NC(=O)c4ccc(-c5cc6ccccc6oc5=O)cc4)cc3)nc2c1. The van der Waals surface area contributed by atoms with E-state index in [1.807, 2.05) is 60.7 Å². The molecule has 0 radical (unpaired) electrons. The Morgan fingerprint density at radius 3 is 2.35 bits per heavy atom. The topological polar surface area (TPSA) is 85.3 Å². The number of fused-ring (bicyclic) bond motifs is 2. The Labute approximate surface area is 212 Å². The van der Waals surface area contributed by atoms with Gasteiger partial charge in [0.1, 0.15) is 11.1 Å². The van der Waals surface area contributed by atoms with Crippen LogP contribution in [0.15, 0.2) is 111 Å². The van der Waals surface area contributed by atoms with Crippen LogP contribution in [-0.4, -0.2) is 10.9 Å². The van der Waals surface area contributed by atoms with E-state index in [1.165, 1.54) is 5.56 Å². The first-order chi connectivity index (χ1) is 18.1. The van der Waals surface area contributed by atoms with E-state index in [0.717, 1.165) is 28.5 Å². The Morgan fingerprint density at radius 2 is 1.57 bits per heavy atom. The maximum atomic E-state index is 12.8. The van der Waals surface area contributed by atoms with Crippen molar-refractivity contribution in [3.8, 4) is 22.6 Å². The summed E-state index contributed by atoms with van der Waals surface area (Å²) in [6.45, 7) is 2.10. The highest BCUT2D eigenvalue weighted by Crippen LogP contribution is 2.27. The van der Waals surface area contributed by atoms with Gasteiger partial charge in [-0.1, -0.05) is 43.3 Å². The van der Waals surface area contributed by atoms with Crippen LogP contribution in [0.25, 0.3) is 44.7 Å². The molecule has 0 bridgehead atoms. The van der Waals surface area contributed by atoms with Crippen molar-refractivity contribution in [2.24, 2.45) is 0 Å². The first-order valence-electron chi connectivity index (χ1n) is 12.0. The summed E-state index contributed by atoms with van der Waals surface area (Å²) in [6, 6.07) is 29.4. The molecule has 6 heteroatoms. The number of aryl methyl sites for hydroxylation is 1. The van der Waals surface area contributed by atoms with Gasteiger partial charge in [0.2, 0.25) is 5.89 Å². The zero-order valence-electron chi connectivity index (χ0n) is 20.0. The number of carbonyl (C=O) groups is 1. The third kappa shape index (κ3) is 4.41. The molecular formula is C31H22N2O4. The van der Waals surface area contributed by atoms with Gasteiger partial charge in [-0.15, -0.1) is 0 Å². The molecule has 0 atom stereocenters. The second kappa shape index (κ2) is 9.24. The molecule has 0 saturated carbocycles. The second-order valence-electron chi connectivity index (χ2n) is 8.77. The maximum Gasteiger partial charge on any atom is 0.344 e. The van der Waals surface area contributed by atoms with Crippen molar-refractivity contribution in [3.63, 3.8) is 0 Å². The van der Waals surface area contributed by atoms with Gasteiger partial charge in [0.05, 0.1) is 5.56 Å². The molecule has 0 aliphatic carbocycles. The van der Waals surface area contributed by atoms with Crippen molar-refractivity contribution in [2.45, 2.75) is 13.3 Å². The van der Waals surface area contributed by atoms with Crippen LogP contribution in [0, 0.1) is 0 Å². The molecule has 1 amide bonds. The zero-order valence-corrected chi connectivity index (χ0v) is 20.0. The molecule has 2 aromatic heterocycles. The highest BCUT2D eigenvalue weighted by molar-refractivity contribution is 6.04. The fraction of sp³-hybridized carbons (Fsp3) is 0.0645. The first kappa shape index (κ1) is 22.5. The van der Waals surface area contributed by atoms with Gasteiger partial charge >= 0.3 is 5.63 Å². The number of nitrogens with one attached hydrogen (secondary N) is 1. The van der Waals surface area contributed by atoms with Crippen LogP contribution in [-0.2, 0) is 6.42 Å². The van der Waals surface area contributed by atoms with Gasteiger partial charge in [-0.05, 0) is 78.2 Å². The molecule has 1 N–H and O–H groups in total. The van der Waals surface area contributed by atoms with E-state index in [-0.39, 0.29) is 5.91 Å².